The van der Waals surface area contributed by atoms with Crippen molar-refractivity contribution in [1.29, 1.82) is 5.26 Å². The second kappa shape index (κ2) is 6.64. The lowest BCUT2D eigenvalue weighted by molar-refractivity contribution is 0.104. The van der Waals surface area contributed by atoms with Crippen LogP contribution < -0.4 is 4.74 Å². The summed E-state index contributed by atoms with van der Waals surface area (Å²) >= 11 is 0. The molecule has 5 heteroatoms. The number of rotatable bonds is 4. The van der Waals surface area contributed by atoms with E-state index in [9.17, 15) is 13.6 Å². The molecule has 22 heavy (non-hydrogen) atoms. The second-order valence-electron chi connectivity index (χ2n) is 4.40. The van der Waals surface area contributed by atoms with Crippen molar-refractivity contribution in [3.63, 3.8) is 0 Å². The van der Waals surface area contributed by atoms with Crippen LogP contribution in [0.4, 0.5) is 8.78 Å². The zero-order valence-electron chi connectivity index (χ0n) is 11.6. The highest BCUT2D eigenvalue weighted by atomic mass is 19.2. The number of ketones is 1. The number of Topliss-reactive ketones (excluding diaryl/α,β-unsaturated/α-hetero) is 1. The fourth-order valence-corrected chi connectivity index (χ4v) is 1.82. The Labute approximate surface area is 126 Å². The van der Waals surface area contributed by atoms with Gasteiger partial charge in [-0.15, -0.1) is 0 Å². The molecule has 0 bridgehead atoms. The van der Waals surface area contributed by atoms with Crippen molar-refractivity contribution < 1.29 is 18.3 Å². The molecule has 3 nitrogen and oxygen atoms in total. The minimum atomic E-state index is -1.04. The number of carbonyl (C=O) groups is 1. The molecule has 0 unspecified atom stereocenters. The molecule has 2 rings (SSSR count). The second-order valence-corrected chi connectivity index (χ2v) is 4.40. The Morgan fingerprint density at radius 1 is 1.14 bits per heavy atom. The molecule has 0 aliphatic rings. The van der Waals surface area contributed by atoms with Crippen LogP contribution in [-0.2, 0) is 0 Å². The Balaban J connectivity index is 2.33. The Bertz CT molecular complexity index is 774. The molecule has 110 valence electrons. The highest BCUT2D eigenvalue weighted by Gasteiger charge is 2.12. The van der Waals surface area contributed by atoms with E-state index in [0.717, 1.165) is 12.1 Å². The van der Waals surface area contributed by atoms with E-state index in [1.54, 1.807) is 18.2 Å². The summed E-state index contributed by atoms with van der Waals surface area (Å²) in [5, 5.41) is 9.11. The molecular weight excluding hydrogens is 288 g/mol. The topological polar surface area (TPSA) is 50.1 Å². The smallest absolute Gasteiger partial charge is 0.203 e. The van der Waals surface area contributed by atoms with Crippen LogP contribution in [-0.4, -0.2) is 12.9 Å². The number of nitrogens with zero attached hydrogens (tertiary/aromatic N) is 1. The molecule has 0 aromatic heterocycles. The maximum atomic E-state index is 13.2. The van der Waals surface area contributed by atoms with E-state index in [0.29, 0.717) is 11.3 Å². The number of carbonyl (C=O) groups excluding carboxylic acids is 1. The Morgan fingerprint density at radius 3 is 2.36 bits per heavy atom. The molecule has 0 spiro atoms. The zero-order chi connectivity index (χ0) is 16.1. The van der Waals surface area contributed by atoms with Gasteiger partial charge in [0.2, 0.25) is 5.78 Å². The molecule has 0 N–H and O–H groups in total. The van der Waals surface area contributed by atoms with Crippen LogP contribution in [0.5, 0.6) is 5.75 Å². The van der Waals surface area contributed by atoms with Gasteiger partial charge in [0.1, 0.15) is 17.4 Å². The lowest BCUT2D eigenvalue weighted by Gasteiger charge is -2.02. The van der Waals surface area contributed by atoms with Gasteiger partial charge in [-0.1, -0.05) is 6.07 Å². The predicted octanol–water partition coefficient (Wildman–Crippen LogP) is 3.76. The van der Waals surface area contributed by atoms with Crippen molar-refractivity contribution in [3.05, 3.63) is 70.8 Å². The van der Waals surface area contributed by atoms with Crippen LogP contribution in [0, 0.1) is 23.0 Å². The molecule has 0 amide bonds. The number of halogens is 2. The van der Waals surface area contributed by atoms with E-state index < -0.39 is 17.4 Å². The third-order valence-corrected chi connectivity index (χ3v) is 2.97. The van der Waals surface area contributed by atoms with Gasteiger partial charge in [0.05, 0.1) is 7.11 Å². The van der Waals surface area contributed by atoms with Crippen molar-refractivity contribution >= 4 is 11.9 Å². The molecular formula is C17H11F2NO2. The molecule has 0 saturated carbocycles. The highest BCUT2D eigenvalue weighted by molar-refractivity contribution is 6.14. The first kappa shape index (κ1) is 15.4. The van der Waals surface area contributed by atoms with Gasteiger partial charge < -0.3 is 4.74 Å². The maximum absolute atomic E-state index is 13.2. The first-order valence-electron chi connectivity index (χ1n) is 6.30. The van der Waals surface area contributed by atoms with Gasteiger partial charge in [0.25, 0.3) is 0 Å². The lowest BCUT2D eigenvalue weighted by Crippen LogP contribution is -2.02. The fraction of sp³-hybridized carbons (Fsp3) is 0.0588. The quantitative estimate of drug-likeness (QED) is 0.490. The summed E-state index contributed by atoms with van der Waals surface area (Å²) in [6, 6.07) is 11.2. The summed E-state index contributed by atoms with van der Waals surface area (Å²) < 4.78 is 31.0. The van der Waals surface area contributed by atoms with Crippen LogP contribution in [0.25, 0.3) is 6.08 Å². The zero-order valence-corrected chi connectivity index (χ0v) is 11.6. The molecule has 0 radical (unpaired) electrons. The third-order valence-electron chi connectivity index (χ3n) is 2.97. The number of benzene rings is 2. The first-order chi connectivity index (χ1) is 10.5. The van der Waals surface area contributed by atoms with Crippen LogP contribution in [0.1, 0.15) is 15.9 Å². The van der Waals surface area contributed by atoms with Gasteiger partial charge in [0.15, 0.2) is 11.6 Å². The Morgan fingerprint density at radius 2 is 1.82 bits per heavy atom. The first-order valence-corrected chi connectivity index (χ1v) is 6.30. The summed E-state index contributed by atoms with van der Waals surface area (Å²) in [5.74, 6) is -1.95. The largest absolute Gasteiger partial charge is 0.497 e. The number of hydrogen-bond acceptors (Lipinski definition) is 3. The van der Waals surface area contributed by atoms with E-state index in [4.69, 9.17) is 10.00 Å². The lowest BCUT2D eigenvalue weighted by atomic mass is 10.0. The molecule has 0 atom stereocenters. The summed E-state index contributed by atoms with van der Waals surface area (Å²) in [6.07, 6.45) is 1.22. The molecule has 2 aromatic carbocycles. The van der Waals surface area contributed by atoms with Crippen molar-refractivity contribution in [2.24, 2.45) is 0 Å². The van der Waals surface area contributed by atoms with Gasteiger partial charge in [0, 0.05) is 5.56 Å². The van der Waals surface area contributed by atoms with Gasteiger partial charge in [-0.25, -0.2) is 8.78 Å². The van der Waals surface area contributed by atoms with Crippen LogP contribution in [0.2, 0.25) is 0 Å². The molecule has 2 aromatic rings. The van der Waals surface area contributed by atoms with Crippen LogP contribution in [0.15, 0.2) is 48.0 Å². The van der Waals surface area contributed by atoms with Crippen molar-refractivity contribution in [1.82, 2.24) is 0 Å². The predicted molar refractivity (Wildman–Crippen MR) is 77.3 cm³/mol. The minimum absolute atomic E-state index is 0.170. The normalized spacial score (nSPS) is 10.9. The molecule has 0 heterocycles. The summed E-state index contributed by atoms with van der Waals surface area (Å²) in [6.45, 7) is 0. The third kappa shape index (κ3) is 3.36. The Hall–Kier alpha value is -3.00. The van der Waals surface area contributed by atoms with Crippen LogP contribution >= 0.6 is 0 Å². The number of nitriles is 1. The fourth-order valence-electron chi connectivity index (χ4n) is 1.82. The van der Waals surface area contributed by atoms with Gasteiger partial charge in [-0.2, -0.15) is 5.26 Å². The van der Waals surface area contributed by atoms with Crippen molar-refractivity contribution in [2.75, 3.05) is 7.11 Å². The minimum Gasteiger partial charge on any atom is -0.497 e. The van der Waals surface area contributed by atoms with E-state index in [1.807, 2.05) is 0 Å². The number of hydrogen-bond donors (Lipinski definition) is 0. The standard InChI is InChI=1S/C17H11F2NO2/c1-22-14-5-3-12(4-6-14)17(21)13(10-20)8-11-2-7-15(18)16(19)9-11/h2-9H,1H3/b13-8+. The summed E-state index contributed by atoms with van der Waals surface area (Å²) in [5.41, 5.74) is 0.365. The van der Waals surface area contributed by atoms with E-state index in [-0.39, 0.29) is 11.1 Å². The summed E-state index contributed by atoms with van der Waals surface area (Å²) in [4.78, 5) is 12.2. The van der Waals surface area contributed by atoms with E-state index in [2.05, 4.69) is 0 Å². The van der Waals surface area contributed by atoms with Crippen molar-refractivity contribution in [3.8, 4) is 11.8 Å². The van der Waals surface area contributed by atoms with E-state index in [1.165, 1.54) is 31.4 Å². The van der Waals surface area contributed by atoms with Crippen LogP contribution in [0.3, 0.4) is 0 Å². The van der Waals surface area contributed by atoms with Gasteiger partial charge in [-0.05, 0) is 48.0 Å². The van der Waals surface area contributed by atoms with E-state index >= 15 is 0 Å². The highest BCUT2D eigenvalue weighted by Crippen LogP contribution is 2.17. The SMILES string of the molecule is COc1ccc(C(=O)/C(C#N)=C/c2ccc(F)c(F)c2)cc1. The van der Waals surface area contributed by atoms with Gasteiger partial charge in [-0.3, -0.25) is 4.79 Å². The summed E-state index contributed by atoms with van der Waals surface area (Å²) in [7, 11) is 1.50. The molecule has 0 aliphatic carbocycles. The monoisotopic (exact) mass is 299 g/mol. The molecule has 0 fully saturated rings. The van der Waals surface area contributed by atoms with Gasteiger partial charge >= 0.3 is 0 Å². The number of ether oxygens (including phenoxy) is 1. The number of methoxy groups -OCH3 is 1. The number of allylic oxidation sites excluding steroid dienone is 1. The van der Waals surface area contributed by atoms with Crippen molar-refractivity contribution in [2.45, 2.75) is 0 Å². The molecule has 0 saturated heterocycles. The average Bonchev–Trinajstić information content (AvgIpc) is 2.55. The Kier molecular flexibility index (Phi) is 4.64. The molecule has 0 aliphatic heterocycles. The maximum Gasteiger partial charge on any atom is 0.203 e. The average molecular weight is 299 g/mol.